The highest BCUT2D eigenvalue weighted by atomic mass is 32.1. The Morgan fingerprint density at radius 1 is 0.838 bits per heavy atom. The summed E-state index contributed by atoms with van der Waals surface area (Å²) >= 11 is 1.75. The van der Waals surface area contributed by atoms with Crippen LogP contribution >= 0.6 is 11.3 Å². The maximum atomic E-state index is 10.8. The van der Waals surface area contributed by atoms with E-state index < -0.39 is 24.6 Å². The molecule has 4 aromatic rings. The van der Waals surface area contributed by atoms with Gasteiger partial charge in [0.2, 0.25) is 0 Å². The van der Waals surface area contributed by atoms with Crippen molar-refractivity contribution < 1.29 is 20.1 Å². The minimum atomic E-state index is -1.34. The topological polar surface area (TPSA) is 80.6 Å². The van der Waals surface area contributed by atoms with Crippen molar-refractivity contribution in [1.82, 2.24) is 0 Å². The Kier molecular flexibility index (Phi) is 8.72. The van der Waals surface area contributed by atoms with Crippen LogP contribution in [0.4, 0.5) is 0 Å². The van der Waals surface area contributed by atoms with Gasteiger partial charge in [-0.2, -0.15) is 0 Å². The number of aliphatic hydroxyl groups excluding tert-OH is 2. The lowest BCUT2D eigenvalue weighted by Gasteiger charge is -2.14. The number of carbonyl (C=O) groups is 1. The molecule has 0 aliphatic rings. The van der Waals surface area contributed by atoms with Crippen LogP contribution in [-0.4, -0.2) is 28.4 Å². The number of aliphatic hydroxyl groups is 2. The van der Waals surface area contributed by atoms with Crippen LogP contribution in [0.3, 0.4) is 0 Å². The molecule has 0 aliphatic heterocycles. The molecule has 2 N–H and O–H groups in total. The van der Waals surface area contributed by atoms with Gasteiger partial charge in [0.05, 0.1) is 12.2 Å². The molecule has 1 heterocycles. The molecule has 5 heteroatoms. The molecule has 0 aliphatic carbocycles. The Morgan fingerprint density at radius 2 is 1.38 bits per heavy atom. The SMILES string of the molecule is CC(C)c1sc(-c2ccccc2)c(-c2ccc(-c3ccccc3)cc2)c1/C=C/[C@@H](O)C[C@@H](O)CC(=O)[O-]. The number of rotatable bonds is 10. The number of benzene rings is 3. The first kappa shape index (κ1) is 26.6. The second-order valence-electron chi connectivity index (χ2n) is 9.44. The fourth-order valence-electron chi connectivity index (χ4n) is 4.44. The molecule has 4 nitrogen and oxygen atoms in total. The van der Waals surface area contributed by atoms with E-state index in [2.05, 4.69) is 62.4 Å². The molecule has 190 valence electrons. The number of hydrogen-bond donors (Lipinski definition) is 2. The highest BCUT2D eigenvalue weighted by Gasteiger charge is 2.21. The van der Waals surface area contributed by atoms with Crippen LogP contribution in [0.15, 0.2) is 91.0 Å². The van der Waals surface area contributed by atoms with E-state index in [4.69, 9.17) is 0 Å². The largest absolute Gasteiger partial charge is 0.550 e. The molecule has 0 unspecified atom stereocenters. The van der Waals surface area contributed by atoms with Crippen molar-refractivity contribution >= 4 is 23.4 Å². The van der Waals surface area contributed by atoms with Crippen LogP contribution in [0, 0.1) is 0 Å². The van der Waals surface area contributed by atoms with E-state index in [9.17, 15) is 20.1 Å². The minimum absolute atomic E-state index is 0.0712. The number of thiophene rings is 1. The zero-order chi connectivity index (χ0) is 26.4. The second kappa shape index (κ2) is 12.2. The Hall–Kier alpha value is -3.51. The molecule has 0 radical (unpaired) electrons. The van der Waals surface area contributed by atoms with Gasteiger partial charge in [-0.1, -0.05) is 111 Å². The van der Waals surface area contributed by atoms with Crippen molar-refractivity contribution in [3.63, 3.8) is 0 Å². The quantitative estimate of drug-likeness (QED) is 0.268. The first-order valence-corrected chi connectivity index (χ1v) is 13.3. The van der Waals surface area contributed by atoms with E-state index in [-0.39, 0.29) is 12.3 Å². The molecule has 4 rings (SSSR count). The van der Waals surface area contributed by atoms with Gasteiger partial charge in [-0.05, 0) is 33.7 Å². The van der Waals surface area contributed by atoms with Gasteiger partial charge in [-0.3, -0.25) is 0 Å². The molecule has 2 atom stereocenters. The zero-order valence-corrected chi connectivity index (χ0v) is 21.8. The van der Waals surface area contributed by atoms with Crippen LogP contribution in [-0.2, 0) is 4.79 Å². The second-order valence-corrected chi connectivity index (χ2v) is 10.5. The highest BCUT2D eigenvalue weighted by molar-refractivity contribution is 7.16. The average Bonchev–Trinajstić information content (AvgIpc) is 3.28. The molecule has 0 saturated carbocycles. The molecule has 0 amide bonds. The summed E-state index contributed by atoms with van der Waals surface area (Å²) in [7, 11) is 0. The van der Waals surface area contributed by atoms with Crippen molar-refractivity contribution in [3.05, 3.63) is 101 Å². The van der Waals surface area contributed by atoms with E-state index in [0.717, 1.165) is 38.3 Å². The summed E-state index contributed by atoms with van der Waals surface area (Å²) in [6.45, 7) is 4.31. The van der Waals surface area contributed by atoms with Crippen LogP contribution in [0.25, 0.3) is 38.8 Å². The predicted octanol–water partition coefficient (Wildman–Crippen LogP) is 6.14. The van der Waals surface area contributed by atoms with Crippen molar-refractivity contribution in [2.45, 2.75) is 44.8 Å². The first-order chi connectivity index (χ1) is 17.8. The molecule has 0 bridgehead atoms. The number of aliphatic carboxylic acids is 1. The zero-order valence-electron chi connectivity index (χ0n) is 21.0. The van der Waals surface area contributed by atoms with Gasteiger partial charge in [0.15, 0.2) is 0 Å². The summed E-state index contributed by atoms with van der Waals surface area (Å²) < 4.78 is 0. The van der Waals surface area contributed by atoms with Gasteiger partial charge in [-0.25, -0.2) is 0 Å². The maximum Gasteiger partial charge on any atom is 0.0748 e. The fourth-order valence-corrected chi connectivity index (χ4v) is 5.75. The number of carboxylic acid groups (broad SMARTS) is 1. The standard InChI is InChI=1S/C32H32O4S/c1-21(2)31-28(18-17-26(33)19-27(34)20-29(35)36)30(32(37-31)25-11-7-4-8-12-25)24-15-13-23(14-16-24)22-9-5-3-6-10-22/h3-18,21,26-27,33-34H,19-20H2,1-2H3,(H,35,36)/p-1/b18-17+/t26-,27-/m1/s1. The Balaban J connectivity index is 1.78. The lowest BCUT2D eigenvalue weighted by Crippen LogP contribution is -2.29. The monoisotopic (exact) mass is 511 g/mol. The molecule has 0 fully saturated rings. The molecular weight excluding hydrogens is 480 g/mol. The Morgan fingerprint density at radius 3 is 1.95 bits per heavy atom. The third-order valence-corrected chi connectivity index (χ3v) is 7.77. The molecule has 0 spiro atoms. The minimum Gasteiger partial charge on any atom is -0.550 e. The van der Waals surface area contributed by atoms with E-state index in [1.807, 2.05) is 42.5 Å². The molecule has 1 aromatic heterocycles. The fraction of sp³-hybridized carbons (Fsp3) is 0.219. The first-order valence-electron chi connectivity index (χ1n) is 12.5. The number of carbonyl (C=O) groups excluding carboxylic acids is 1. The van der Waals surface area contributed by atoms with Gasteiger partial charge in [0.1, 0.15) is 0 Å². The summed E-state index contributed by atoms with van der Waals surface area (Å²) in [5.41, 5.74) is 6.62. The number of hydrogen-bond acceptors (Lipinski definition) is 5. The molecular formula is C32H31O4S-. The summed E-state index contributed by atoms with van der Waals surface area (Å²) in [4.78, 5) is 13.1. The summed E-state index contributed by atoms with van der Waals surface area (Å²) in [6.07, 6.45) is 0.832. The summed E-state index contributed by atoms with van der Waals surface area (Å²) in [5.74, 6) is -1.08. The van der Waals surface area contributed by atoms with Gasteiger partial charge in [-0.15, -0.1) is 11.3 Å². The van der Waals surface area contributed by atoms with E-state index in [1.165, 1.54) is 4.88 Å². The van der Waals surface area contributed by atoms with Crippen molar-refractivity contribution in [1.29, 1.82) is 0 Å². The van der Waals surface area contributed by atoms with Crippen molar-refractivity contribution in [2.75, 3.05) is 0 Å². The normalized spacial score (nSPS) is 13.2. The maximum absolute atomic E-state index is 10.8. The van der Waals surface area contributed by atoms with E-state index in [0.29, 0.717) is 0 Å². The van der Waals surface area contributed by atoms with Gasteiger partial charge >= 0.3 is 0 Å². The smallest absolute Gasteiger partial charge is 0.0748 e. The molecule has 3 aromatic carbocycles. The van der Waals surface area contributed by atoms with E-state index >= 15 is 0 Å². The van der Waals surface area contributed by atoms with Gasteiger partial charge in [0, 0.05) is 34.1 Å². The lowest BCUT2D eigenvalue weighted by molar-refractivity contribution is -0.307. The van der Waals surface area contributed by atoms with Crippen LogP contribution in [0.1, 0.15) is 43.0 Å². The Bertz CT molecular complexity index is 1340. The average molecular weight is 512 g/mol. The lowest BCUT2D eigenvalue weighted by atomic mass is 9.93. The van der Waals surface area contributed by atoms with Crippen LogP contribution in [0.5, 0.6) is 0 Å². The molecule has 37 heavy (non-hydrogen) atoms. The van der Waals surface area contributed by atoms with Gasteiger partial charge in [0.25, 0.3) is 0 Å². The van der Waals surface area contributed by atoms with Crippen LogP contribution in [0.2, 0.25) is 0 Å². The van der Waals surface area contributed by atoms with Crippen LogP contribution < -0.4 is 5.11 Å². The Labute approximate surface area is 222 Å². The summed E-state index contributed by atoms with van der Waals surface area (Å²) in [6, 6.07) is 29.1. The van der Waals surface area contributed by atoms with E-state index in [1.54, 1.807) is 17.4 Å². The third kappa shape index (κ3) is 6.63. The predicted molar refractivity (Wildman–Crippen MR) is 150 cm³/mol. The summed E-state index contributed by atoms with van der Waals surface area (Å²) in [5, 5.41) is 31.2. The van der Waals surface area contributed by atoms with Crippen molar-refractivity contribution in [3.8, 4) is 32.7 Å². The highest BCUT2D eigenvalue weighted by Crippen LogP contribution is 2.46. The van der Waals surface area contributed by atoms with Gasteiger partial charge < -0.3 is 20.1 Å². The number of carboxylic acids is 1. The third-order valence-electron chi connectivity index (χ3n) is 6.22. The van der Waals surface area contributed by atoms with Crippen molar-refractivity contribution in [2.24, 2.45) is 0 Å². The molecule has 0 saturated heterocycles.